The van der Waals surface area contributed by atoms with Crippen molar-refractivity contribution in [3.05, 3.63) is 28.7 Å². The summed E-state index contributed by atoms with van der Waals surface area (Å²) in [5.74, 6) is 0.862. The van der Waals surface area contributed by atoms with E-state index in [-0.39, 0.29) is 0 Å². The molecule has 0 aromatic heterocycles. The highest BCUT2D eigenvalue weighted by molar-refractivity contribution is 9.10. The molecule has 1 nitrogen and oxygen atoms in total. The van der Waals surface area contributed by atoms with Crippen LogP contribution in [0.4, 0.5) is 0 Å². The number of rotatable bonds is 2. The molecule has 0 heterocycles. The lowest BCUT2D eigenvalue weighted by atomic mass is 10.3. The molecule has 0 N–H and O–H groups in total. The first-order chi connectivity index (χ1) is 6.34. The van der Waals surface area contributed by atoms with Crippen LogP contribution in [0.3, 0.4) is 0 Å². The van der Waals surface area contributed by atoms with Gasteiger partial charge in [0.15, 0.2) is 0 Å². The van der Waals surface area contributed by atoms with Crippen molar-refractivity contribution >= 4 is 15.9 Å². The van der Waals surface area contributed by atoms with Crippen molar-refractivity contribution in [1.82, 2.24) is 0 Å². The average molecular weight is 240 g/mol. The smallest absolute Gasteiger partial charge is 0.128 e. The normalized spacial score (nSPS) is 17.6. The van der Waals surface area contributed by atoms with Crippen molar-refractivity contribution in [3.63, 3.8) is 0 Å². The van der Waals surface area contributed by atoms with Crippen LogP contribution in [0.15, 0.2) is 22.7 Å². The Hall–Kier alpha value is -0.500. The van der Waals surface area contributed by atoms with Gasteiger partial charge in [0.1, 0.15) is 5.75 Å². The third-order valence-electron chi connectivity index (χ3n) is 2.33. The van der Waals surface area contributed by atoms with E-state index in [0.29, 0.717) is 6.10 Å². The van der Waals surface area contributed by atoms with Crippen molar-refractivity contribution < 1.29 is 4.74 Å². The van der Waals surface area contributed by atoms with E-state index in [4.69, 9.17) is 4.74 Å². The quantitative estimate of drug-likeness (QED) is 0.767. The molecule has 0 atom stereocenters. The fourth-order valence-corrected chi connectivity index (χ4v) is 2.01. The molecule has 0 amide bonds. The van der Waals surface area contributed by atoms with Gasteiger partial charge in [0.25, 0.3) is 0 Å². The van der Waals surface area contributed by atoms with Gasteiger partial charge in [-0.3, -0.25) is 0 Å². The van der Waals surface area contributed by atoms with E-state index >= 15 is 0 Å². The molecule has 1 aromatic carbocycles. The van der Waals surface area contributed by atoms with Crippen molar-refractivity contribution in [1.29, 1.82) is 0 Å². The van der Waals surface area contributed by atoms with Crippen molar-refractivity contribution in [2.24, 2.45) is 0 Å². The lowest BCUT2D eigenvalue weighted by Crippen LogP contribution is -2.10. The molecule has 1 saturated carbocycles. The molecule has 1 radical (unpaired) electrons. The Balaban J connectivity index is 2.00. The summed E-state index contributed by atoms with van der Waals surface area (Å²) in [6.07, 6.45) is 5.42. The standard InChI is InChI=1S/C11H12BrO/c12-9-4-3-7-11(8-9)13-10-5-1-2-6-10/h3-4,8,10H,1-2,5-6H2. The molecule has 2 heteroatoms. The van der Waals surface area contributed by atoms with Crippen LogP contribution in [0.5, 0.6) is 5.75 Å². The van der Waals surface area contributed by atoms with Gasteiger partial charge in [-0.25, -0.2) is 0 Å². The second-order valence-electron chi connectivity index (χ2n) is 3.40. The van der Waals surface area contributed by atoms with E-state index in [9.17, 15) is 0 Å². The monoisotopic (exact) mass is 239 g/mol. The van der Waals surface area contributed by atoms with Gasteiger partial charge in [-0.2, -0.15) is 0 Å². The molecular weight excluding hydrogens is 228 g/mol. The first-order valence-corrected chi connectivity index (χ1v) is 5.48. The van der Waals surface area contributed by atoms with E-state index in [2.05, 4.69) is 22.0 Å². The van der Waals surface area contributed by atoms with Crippen LogP contribution in [0.2, 0.25) is 0 Å². The lowest BCUT2D eigenvalue weighted by Gasteiger charge is -2.12. The van der Waals surface area contributed by atoms with E-state index in [1.165, 1.54) is 25.7 Å². The fraction of sp³-hybridized carbons (Fsp3) is 0.455. The maximum Gasteiger partial charge on any atom is 0.128 e. The molecule has 1 aromatic rings. The predicted molar refractivity (Wildman–Crippen MR) is 55.9 cm³/mol. The Labute approximate surface area is 87.2 Å². The van der Waals surface area contributed by atoms with Crippen LogP contribution in [-0.2, 0) is 0 Å². The third-order valence-corrected chi connectivity index (χ3v) is 2.83. The first kappa shape index (κ1) is 9.07. The molecule has 0 saturated heterocycles. The summed E-state index contributed by atoms with van der Waals surface area (Å²) in [6.45, 7) is 0. The number of ether oxygens (including phenoxy) is 1. The van der Waals surface area contributed by atoms with Crippen molar-refractivity contribution in [3.8, 4) is 5.75 Å². The first-order valence-electron chi connectivity index (χ1n) is 4.68. The van der Waals surface area contributed by atoms with Crippen molar-refractivity contribution in [2.45, 2.75) is 31.8 Å². The SMILES string of the molecule is Brc1cc[c]c(OC2CCCC2)c1. The van der Waals surface area contributed by atoms with Gasteiger partial charge in [-0.05, 0) is 43.9 Å². The molecule has 0 unspecified atom stereocenters. The lowest BCUT2D eigenvalue weighted by molar-refractivity contribution is 0.209. The fourth-order valence-electron chi connectivity index (χ4n) is 1.67. The number of hydrogen-bond acceptors (Lipinski definition) is 1. The topological polar surface area (TPSA) is 9.23 Å². The highest BCUT2D eigenvalue weighted by Gasteiger charge is 2.16. The maximum absolute atomic E-state index is 5.77. The van der Waals surface area contributed by atoms with Gasteiger partial charge >= 0.3 is 0 Å². The Bertz CT molecular complexity index is 279. The number of hydrogen-bond donors (Lipinski definition) is 0. The number of halogens is 1. The Morgan fingerprint density at radius 3 is 2.85 bits per heavy atom. The molecule has 0 spiro atoms. The van der Waals surface area contributed by atoms with E-state index in [1.54, 1.807) is 0 Å². The summed E-state index contributed by atoms with van der Waals surface area (Å²) in [5.41, 5.74) is 0. The zero-order valence-electron chi connectivity index (χ0n) is 7.42. The van der Waals surface area contributed by atoms with Crippen LogP contribution in [0.25, 0.3) is 0 Å². The zero-order chi connectivity index (χ0) is 9.10. The average Bonchev–Trinajstić information content (AvgIpc) is 2.57. The second kappa shape index (κ2) is 4.14. The molecular formula is C11H12BrO. The molecule has 1 fully saturated rings. The van der Waals surface area contributed by atoms with Gasteiger partial charge < -0.3 is 4.74 Å². The molecule has 1 aliphatic rings. The van der Waals surface area contributed by atoms with Crippen molar-refractivity contribution in [2.75, 3.05) is 0 Å². The van der Waals surface area contributed by atoms with E-state index in [0.717, 1.165) is 10.2 Å². The van der Waals surface area contributed by atoms with E-state index < -0.39 is 0 Å². The van der Waals surface area contributed by atoms with Gasteiger partial charge in [-0.15, -0.1) is 0 Å². The van der Waals surface area contributed by atoms with Gasteiger partial charge in [0.2, 0.25) is 0 Å². The van der Waals surface area contributed by atoms with Crippen LogP contribution >= 0.6 is 15.9 Å². The Morgan fingerprint density at radius 2 is 2.15 bits per heavy atom. The minimum Gasteiger partial charge on any atom is -0.490 e. The predicted octanol–water partition coefficient (Wildman–Crippen LogP) is 3.57. The maximum atomic E-state index is 5.77. The van der Waals surface area contributed by atoms with Crippen LogP contribution < -0.4 is 4.74 Å². The van der Waals surface area contributed by atoms with Crippen LogP contribution in [-0.4, -0.2) is 6.10 Å². The summed E-state index contributed by atoms with van der Waals surface area (Å²) in [6, 6.07) is 8.90. The highest BCUT2D eigenvalue weighted by atomic mass is 79.9. The summed E-state index contributed by atoms with van der Waals surface area (Å²) in [4.78, 5) is 0. The molecule has 69 valence electrons. The Morgan fingerprint density at radius 1 is 1.38 bits per heavy atom. The molecule has 1 aliphatic carbocycles. The Kier molecular flexibility index (Phi) is 2.89. The highest BCUT2D eigenvalue weighted by Crippen LogP contribution is 2.25. The van der Waals surface area contributed by atoms with Crippen LogP contribution in [0.1, 0.15) is 25.7 Å². The molecule has 0 aliphatic heterocycles. The van der Waals surface area contributed by atoms with Gasteiger partial charge in [0.05, 0.1) is 6.10 Å². The molecule has 2 rings (SSSR count). The van der Waals surface area contributed by atoms with E-state index in [1.807, 2.05) is 18.2 Å². The minimum atomic E-state index is 0.422. The summed E-state index contributed by atoms with van der Waals surface area (Å²) in [7, 11) is 0. The largest absolute Gasteiger partial charge is 0.490 e. The molecule has 0 bridgehead atoms. The summed E-state index contributed by atoms with van der Waals surface area (Å²) < 4.78 is 6.83. The minimum absolute atomic E-state index is 0.422. The third kappa shape index (κ3) is 2.47. The summed E-state index contributed by atoms with van der Waals surface area (Å²) in [5, 5.41) is 0. The van der Waals surface area contributed by atoms with Gasteiger partial charge in [-0.1, -0.05) is 15.9 Å². The summed E-state index contributed by atoms with van der Waals surface area (Å²) >= 11 is 3.41. The van der Waals surface area contributed by atoms with Crippen LogP contribution in [0, 0.1) is 6.07 Å². The number of benzene rings is 1. The molecule has 13 heavy (non-hydrogen) atoms. The second-order valence-corrected chi connectivity index (χ2v) is 4.31. The van der Waals surface area contributed by atoms with Gasteiger partial charge in [0, 0.05) is 10.5 Å². The zero-order valence-corrected chi connectivity index (χ0v) is 9.01.